The molecule has 1 aliphatic heterocycles. The van der Waals surface area contributed by atoms with E-state index in [-0.39, 0.29) is 4.90 Å². The lowest BCUT2D eigenvalue weighted by Crippen LogP contribution is -2.30. The van der Waals surface area contributed by atoms with E-state index < -0.39 is 15.4 Å². The van der Waals surface area contributed by atoms with Gasteiger partial charge in [0.05, 0.1) is 31.6 Å². The normalized spacial score (nSPS) is 17.2. The van der Waals surface area contributed by atoms with Crippen molar-refractivity contribution in [1.29, 1.82) is 0 Å². The molecule has 0 saturated carbocycles. The summed E-state index contributed by atoms with van der Waals surface area (Å²) in [6, 6.07) is 16.5. The monoisotopic (exact) mass is 445 g/mol. The maximum Gasteiger partial charge on any atom is 0.244 e. The van der Waals surface area contributed by atoms with E-state index in [1.54, 1.807) is 57.4 Å². The lowest BCUT2D eigenvalue weighted by molar-refractivity contribution is 0.344. The van der Waals surface area contributed by atoms with E-state index in [2.05, 4.69) is 0 Å². The Morgan fingerprint density at radius 2 is 1.53 bits per heavy atom. The Morgan fingerprint density at radius 1 is 0.867 bits per heavy atom. The number of nitrogens with zero attached hydrogens (tertiary/aromatic N) is 1. The minimum atomic E-state index is -3.70. The van der Waals surface area contributed by atoms with Crippen LogP contribution in [0.3, 0.4) is 0 Å². The highest BCUT2D eigenvalue weighted by molar-refractivity contribution is 8.01. The van der Waals surface area contributed by atoms with Gasteiger partial charge in [-0.3, -0.25) is 0 Å². The number of thioether (sulfide) groups is 1. The van der Waals surface area contributed by atoms with Gasteiger partial charge in [-0.1, -0.05) is 30.3 Å². The van der Waals surface area contributed by atoms with Crippen LogP contribution in [0.2, 0.25) is 0 Å². The number of rotatable bonds is 6. The highest BCUT2D eigenvalue weighted by atomic mass is 32.2. The van der Waals surface area contributed by atoms with Crippen molar-refractivity contribution < 1.29 is 22.6 Å². The first-order chi connectivity index (χ1) is 14.5. The van der Waals surface area contributed by atoms with Crippen LogP contribution in [0, 0.1) is 0 Å². The number of sulfonamides is 1. The fraction of sp³-hybridized carbons (Fsp3) is 0.273. The quantitative estimate of drug-likeness (QED) is 0.564. The van der Waals surface area contributed by atoms with Gasteiger partial charge in [0.1, 0.15) is 5.75 Å². The van der Waals surface area contributed by atoms with Crippen LogP contribution in [0.1, 0.15) is 10.9 Å². The number of fused-ring (bicyclic) bond motifs is 1. The molecule has 1 aliphatic rings. The van der Waals surface area contributed by atoms with Crippen molar-refractivity contribution in [1.82, 2.24) is 4.31 Å². The van der Waals surface area contributed by atoms with Crippen molar-refractivity contribution in [2.45, 2.75) is 10.3 Å². The summed E-state index contributed by atoms with van der Waals surface area (Å²) >= 11 is 1.56. The first-order valence-electron chi connectivity index (χ1n) is 9.41. The highest BCUT2D eigenvalue weighted by Gasteiger charge is 2.39. The van der Waals surface area contributed by atoms with E-state index in [9.17, 15) is 8.42 Å². The Balaban J connectivity index is 1.77. The second-order valence-corrected chi connectivity index (χ2v) is 9.88. The molecule has 1 fully saturated rings. The van der Waals surface area contributed by atoms with Crippen molar-refractivity contribution >= 4 is 32.6 Å². The van der Waals surface area contributed by atoms with Gasteiger partial charge in [0.15, 0.2) is 11.5 Å². The van der Waals surface area contributed by atoms with Gasteiger partial charge in [-0.15, -0.1) is 11.8 Å². The summed E-state index contributed by atoms with van der Waals surface area (Å²) in [4.78, 5) is 0.285. The van der Waals surface area contributed by atoms with Gasteiger partial charge in [-0.05, 0) is 29.0 Å². The molecule has 0 bridgehead atoms. The average molecular weight is 446 g/mol. The standard InChI is InChI=1S/C22H23NO5S2/c1-26-19-14-21(28-3)20(27-2)13-18(19)22-23(10-11-29-22)30(24,25)17-9-8-15-6-4-5-7-16(15)12-17/h4-9,12-14,22H,10-11H2,1-3H3/t22-/m0/s1. The highest BCUT2D eigenvalue weighted by Crippen LogP contribution is 2.47. The van der Waals surface area contributed by atoms with Crippen LogP contribution in [-0.2, 0) is 10.0 Å². The SMILES string of the molecule is COc1cc(OC)c([C@@H]2SCCN2S(=O)(=O)c2ccc3ccccc3c2)cc1OC. The van der Waals surface area contributed by atoms with E-state index in [0.29, 0.717) is 29.5 Å². The van der Waals surface area contributed by atoms with Crippen LogP contribution < -0.4 is 14.2 Å². The van der Waals surface area contributed by atoms with Gasteiger partial charge < -0.3 is 14.2 Å². The predicted octanol–water partition coefficient (Wildman–Crippen LogP) is 4.30. The minimum Gasteiger partial charge on any atom is -0.496 e. The Morgan fingerprint density at radius 3 is 2.23 bits per heavy atom. The van der Waals surface area contributed by atoms with Crippen molar-refractivity contribution in [3.05, 3.63) is 60.2 Å². The second kappa shape index (κ2) is 8.37. The van der Waals surface area contributed by atoms with Gasteiger partial charge in [0.25, 0.3) is 0 Å². The van der Waals surface area contributed by atoms with Crippen molar-refractivity contribution in [2.75, 3.05) is 33.6 Å². The number of hydrogen-bond acceptors (Lipinski definition) is 6. The van der Waals surface area contributed by atoms with E-state index >= 15 is 0 Å². The molecule has 30 heavy (non-hydrogen) atoms. The van der Waals surface area contributed by atoms with Gasteiger partial charge in [0.2, 0.25) is 10.0 Å². The molecule has 6 nitrogen and oxygen atoms in total. The summed E-state index contributed by atoms with van der Waals surface area (Å²) in [6.07, 6.45) is 0. The van der Waals surface area contributed by atoms with Crippen molar-refractivity contribution in [3.8, 4) is 17.2 Å². The number of hydrogen-bond donors (Lipinski definition) is 0. The summed E-state index contributed by atoms with van der Waals surface area (Å²) < 4.78 is 45.0. The molecule has 158 valence electrons. The van der Waals surface area contributed by atoms with Crippen LogP contribution >= 0.6 is 11.8 Å². The maximum atomic E-state index is 13.6. The Kier molecular flexibility index (Phi) is 5.81. The van der Waals surface area contributed by atoms with Crippen LogP contribution in [0.25, 0.3) is 10.8 Å². The summed E-state index contributed by atoms with van der Waals surface area (Å²) in [7, 11) is 0.968. The molecule has 0 unspecified atom stereocenters. The van der Waals surface area contributed by atoms with Crippen LogP contribution in [0.15, 0.2) is 59.5 Å². The molecule has 0 aliphatic carbocycles. The summed E-state index contributed by atoms with van der Waals surface area (Å²) in [5, 5.41) is 1.48. The third-order valence-electron chi connectivity index (χ3n) is 5.18. The zero-order valence-electron chi connectivity index (χ0n) is 17.0. The van der Waals surface area contributed by atoms with Crippen LogP contribution in [0.4, 0.5) is 0 Å². The second-order valence-electron chi connectivity index (χ2n) is 6.80. The molecule has 8 heteroatoms. The maximum absolute atomic E-state index is 13.6. The van der Waals surface area contributed by atoms with Crippen molar-refractivity contribution in [3.63, 3.8) is 0 Å². The Labute approximate surface area is 180 Å². The third-order valence-corrected chi connectivity index (χ3v) is 8.41. The summed E-state index contributed by atoms with van der Waals surface area (Å²) in [5.41, 5.74) is 0.738. The fourth-order valence-electron chi connectivity index (χ4n) is 3.65. The number of ether oxygens (including phenoxy) is 3. The average Bonchev–Trinajstić information content (AvgIpc) is 3.28. The van der Waals surface area contributed by atoms with Gasteiger partial charge in [-0.2, -0.15) is 4.31 Å². The fourth-order valence-corrected chi connectivity index (χ4v) is 6.94. The van der Waals surface area contributed by atoms with Gasteiger partial charge >= 0.3 is 0 Å². The molecule has 0 N–H and O–H groups in total. The van der Waals surface area contributed by atoms with Crippen LogP contribution in [-0.4, -0.2) is 46.4 Å². The zero-order valence-corrected chi connectivity index (χ0v) is 18.6. The molecule has 0 radical (unpaired) electrons. The molecule has 1 atom stereocenters. The summed E-state index contributed by atoms with van der Waals surface area (Å²) in [5.74, 6) is 2.31. The number of benzene rings is 3. The topological polar surface area (TPSA) is 65.1 Å². The molecule has 3 aromatic carbocycles. The van der Waals surface area contributed by atoms with E-state index in [0.717, 1.165) is 16.3 Å². The lowest BCUT2D eigenvalue weighted by Gasteiger charge is -2.26. The minimum absolute atomic E-state index is 0.285. The Bertz CT molecular complexity index is 1180. The smallest absolute Gasteiger partial charge is 0.244 e. The van der Waals surface area contributed by atoms with Crippen LogP contribution in [0.5, 0.6) is 17.2 Å². The van der Waals surface area contributed by atoms with Gasteiger partial charge in [0, 0.05) is 23.9 Å². The first-order valence-corrected chi connectivity index (χ1v) is 11.9. The van der Waals surface area contributed by atoms with Crippen molar-refractivity contribution in [2.24, 2.45) is 0 Å². The molecule has 0 amide bonds. The molecular formula is C22H23NO5S2. The zero-order chi connectivity index (χ0) is 21.3. The van der Waals surface area contributed by atoms with E-state index in [1.165, 1.54) is 4.31 Å². The molecule has 3 aromatic rings. The molecule has 1 heterocycles. The number of methoxy groups -OCH3 is 3. The predicted molar refractivity (Wildman–Crippen MR) is 119 cm³/mol. The third kappa shape index (κ3) is 3.59. The molecule has 4 rings (SSSR count). The lowest BCUT2D eigenvalue weighted by atomic mass is 10.1. The molecule has 0 spiro atoms. The first kappa shape index (κ1) is 20.8. The largest absolute Gasteiger partial charge is 0.496 e. The van der Waals surface area contributed by atoms with E-state index in [4.69, 9.17) is 14.2 Å². The summed E-state index contributed by atoms with van der Waals surface area (Å²) in [6.45, 7) is 0.419. The Hall–Kier alpha value is -2.42. The molecule has 1 saturated heterocycles. The molecule has 0 aromatic heterocycles. The van der Waals surface area contributed by atoms with Gasteiger partial charge in [-0.25, -0.2) is 8.42 Å². The van der Waals surface area contributed by atoms with E-state index in [1.807, 2.05) is 30.3 Å². The molecular weight excluding hydrogens is 422 g/mol.